The van der Waals surface area contributed by atoms with Crippen molar-refractivity contribution in [3.63, 3.8) is 0 Å². The second-order valence-corrected chi connectivity index (χ2v) is 3.38. The van der Waals surface area contributed by atoms with Gasteiger partial charge < -0.3 is 4.74 Å². The van der Waals surface area contributed by atoms with E-state index in [0.717, 1.165) is 17.1 Å². The van der Waals surface area contributed by atoms with E-state index in [1.165, 1.54) is 13.2 Å². The van der Waals surface area contributed by atoms with Gasteiger partial charge in [0.15, 0.2) is 0 Å². The topological polar surface area (TPSA) is 65.3 Å². The summed E-state index contributed by atoms with van der Waals surface area (Å²) >= 11 is 0. The maximum absolute atomic E-state index is 10.3. The molecule has 0 aliphatic carbocycles. The highest BCUT2D eigenvalue weighted by atomic mass is 16.6. The van der Waals surface area contributed by atoms with Crippen LogP contribution in [-0.4, -0.2) is 17.0 Å². The van der Waals surface area contributed by atoms with Crippen LogP contribution in [0.1, 0.15) is 5.56 Å². The fourth-order valence-electron chi connectivity index (χ4n) is 1.54. The first-order chi connectivity index (χ1) is 8.20. The molecule has 5 nitrogen and oxygen atoms in total. The second kappa shape index (κ2) is 4.61. The molecule has 0 saturated heterocycles. The average Bonchev–Trinajstić information content (AvgIpc) is 2.35. The molecule has 1 heterocycles. The molecule has 86 valence electrons. The number of hydrogen-bond donors (Lipinski definition) is 0. The van der Waals surface area contributed by atoms with Gasteiger partial charge in [-0.3, -0.25) is 10.1 Å². The van der Waals surface area contributed by atoms with Gasteiger partial charge in [-0.1, -0.05) is 18.2 Å². The number of aromatic nitrogens is 1. The number of para-hydroxylation sites is 1. The predicted molar refractivity (Wildman–Crippen MR) is 64.3 cm³/mol. The van der Waals surface area contributed by atoms with E-state index >= 15 is 0 Å². The highest BCUT2D eigenvalue weighted by Gasteiger charge is 2.05. The average molecular weight is 230 g/mol. The Morgan fingerprint density at radius 1 is 1.41 bits per heavy atom. The second-order valence-electron chi connectivity index (χ2n) is 3.38. The molecular weight excluding hydrogens is 220 g/mol. The number of nitro groups is 1. The van der Waals surface area contributed by atoms with E-state index in [0.29, 0.717) is 11.4 Å². The third-order valence-corrected chi connectivity index (χ3v) is 2.29. The number of hydrogen-bond acceptors (Lipinski definition) is 4. The Morgan fingerprint density at radius 3 is 2.88 bits per heavy atom. The normalized spacial score (nSPS) is 10.9. The summed E-state index contributed by atoms with van der Waals surface area (Å²) in [6, 6.07) is 9.32. The van der Waals surface area contributed by atoms with Crippen molar-refractivity contribution < 1.29 is 9.66 Å². The van der Waals surface area contributed by atoms with E-state index in [1.807, 2.05) is 24.3 Å². The zero-order chi connectivity index (χ0) is 12.3. The lowest BCUT2D eigenvalue weighted by molar-refractivity contribution is -0.400. The minimum atomic E-state index is -0.519. The van der Waals surface area contributed by atoms with Crippen molar-refractivity contribution >= 4 is 17.0 Å². The number of benzene rings is 1. The summed E-state index contributed by atoms with van der Waals surface area (Å²) in [6.45, 7) is 0. The molecule has 0 unspecified atom stereocenters. The van der Waals surface area contributed by atoms with Crippen LogP contribution in [0.15, 0.2) is 36.5 Å². The van der Waals surface area contributed by atoms with E-state index in [4.69, 9.17) is 4.74 Å². The van der Waals surface area contributed by atoms with Gasteiger partial charge in [0, 0.05) is 17.0 Å². The monoisotopic (exact) mass is 230 g/mol. The molecule has 2 aromatic rings. The molecule has 1 aromatic carbocycles. The van der Waals surface area contributed by atoms with Crippen molar-refractivity contribution in [3.05, 3.63) is 52.2 Å². The quantitative estimate of drug-likeness (QED) is 0.600. The maximum Gasteiger partial charge on any atom is 0.235 e. The van der Waals surface area contributed by atoms with E-state index in [-0.39, 0.29) is 0 Å². The lowest BCUT2D eigenvalue weighted by Gasteiger charge is -2.05. The molecule has 0 radical (unpaired) electrons. The fraction of sp³-hybridized carbons (Fsp3) is 0.0833. The molecule has 17 heavy (non-hydrogen) atoms. The van der Waals surface area contributed by atoms with Crippen LogP contribution in [0.3, 0.4) is 0 Å². The maximum atomic E-state index is 10.3. The minimum absolute atomic E-state index is 0.377. The van der Waals surface area contributed by atoms with Gasteiger partial charge in [0.2, 0.25) is 12.1 Å². The minimum Gasteiger partial charge on any atom is -0.481 e. The van der Waals surface area contributed by atoms with Crippen LogP contribution in [0.4, 0.5) is 0 Å². The number of methoxy groups -OCH3 is 1. The van der Waals surface area contributed by atoms with Gasteiger partial charge in [0.25, 0.3) is 0 Å². The molecule has 0 atom stereocenters. The summed E-state index contributed by atoms with van der Waals surface area (Å²) in [7, 11) is 1.49. The Kier molecular flexibility index (Phi) is 3.00. The highest BCUT2D eigenvalue weighted by molar-refractivity contribution is 5.82. The number of nitrogens with zero attached hydrogens (tertiary/aromatic N) is 2. The summed E-state index contributed by atoms with van der Waals surface area (Å²) < 4.78 is 5.10. The molecule has 0 aliphatic rings. The molecule has 0 N–H and O–H groups in total. The van der Waals surface area contributed by atoms with Crippen molar-refractivity contribution in [1.82, 2.24) is 4.98 Å². The fourth-order valence-corrected chi connectivity index (χ4v) is 1.54. The van der Waals surface area contributed by atoms with E-state index < -0.39 is 4.92 Å². The van der Waals surface area contributed by atoms with Crippen molar-refractivity contribution in [2.24, 2.45) is 0 Å². The largest absolute Gasteiger partial charge is 0.481 e. The molecule has 0 aliphatic heterocycles. The third kappa shape index (κ3) is 2.39. The molecule has 0 saturated carbocycles. The lowest BCUT2D eigenvalue weighted by atomic mass is 10.1. The number of ether oxygens (including phenoxy) is 1. The van der Waals surface area contributed by atoms with Crippen LogP contribution in [0.25, 0.3) is 17.0 Å². The van der Waals surface area contributed by atoms with Crippen molar-refractivity contribution in [2.75, 3.05) is 7.11 Å². The standard InChI is InChI=1S/C12H10N2O3/c1-17-12-10(6-7-14(15)16)8-9-4-2-3-5-11(9)13-12/h2-8H,1H3/b7-6+. The predicted octanol–water partition coefficient (Wildman–Crippen LogP) is 2.49. The van der Waals surface area contributed by atoms with Gasteiger partial charge in [-0.2, -0.15) is 0 Å². The SMILES string of the molecule is COc1nc2ccccc2cc1/C=C/[N+](=O)[O-]. The third-order valence-electron chi connectivity index (χ3n) is 2.29. The van der Waals surface area contributed by atoms with Crippen LogP contribution >= 0.6 is 0 Å². The van der Waals surface area contributed by atoms with Crippen LogP contribution < -0.4 is 4.74 Å². The zero-order valence-electron chi connectivity index (χ0n) is 9.16. The molecule has 0 spiro atoms. The summed E-state index contributed by atoms with van der Waals surface area (Å²) in [5.74, 6) is 0.377. The summed E-state index contributed by atoms with van der Waals surface area (Å²) in [5, 5.41) is 11.2. The van der Waals surface area contributed by atoms with E-state index in [9.17, 15) is 10.1 Å². The Labute approximate surface area is 97.5 Å². The number of pyridine rings is 1. The smallest absolute Gasteiger partial charge is 0.235 e. The Bertz CT molecular complexity index is 593. The first-order valence-corrected chi connectivity index (χ1v) is 4.96. The van der Waals surface area contributed by atoms with Crippen molar-refractivity contribution in [1.29, 1.82) is 0 Å². The van der Waals surface area contributed by atoms with Crippen LogP contribution in [0.2, 0.25) is 0 Å². The first kappa shape index (κ1) is 11.1. The highest BCUT2D eigenvalue weighted by Crippen LogP contribution is 2.23. The van der Waals surface area contributed by atoms with E-state index in [2.05, 4.69) is 4.98 Å². The van der Waals surface area contributed by atoms with Crippen LogP contribution in [0.5, 0.6) is 5.88 Å². The van der Waals surface area contributed by atoms with Gasteiger partial charge in [-0.05, 0) is 12.1 Å². The summed E-state index contributed by atoms with van der Waals surface area (Å²) in [4.78, 5) is 14.0. The van der Waals surface area contributed by atoms with Crippen molar-refractivity contribution in [3.8, 4) is 5.88 Å². The summed E-state index contributed by atoms with van der Waals surface area (Å²) in [5.41, 5.74) is 1.38. The van der Waals surface area contributed by atoms with Gasteiger partial charge in [0.1, 0.15) is 0 Å². The molecule has 0 amide bonds. The molecule has 1 aromatic heterocycles. The first-order valence-electron chi connectivity index (χ1n) is 4.96. The van der Waals surface area contributed by atoms with Gasteiger partial charge in [0.05, 0.1) is 17.5 Å². The number of rotatable bonds is 3. The molecule has 0 fully saturated rings. The van der Waals surface area contributed by atoms with Crippen LogP contribution in [0, 0.1) is 10.1 Å². The van der Waals surface area contributed by atoms with Crippen molar-refractivity contribution in [2.45, 2.75) is 0 Å². The lowest BCUT2D eigenvalue weighted by Crippen LogP contribution is -1.93. The Morgan fingerprint density at radius 2 is 2.18 bits per heavy atom. The Hall–Kier alpha value is -2.43. The molecular formula is C12H10N2O3. The van der Waals surface area contributed by atoms with Gasteiger partial charge in [-0.25, -0.2) is 4.98 Å². The van der Waals surface area contributed by atoms with E-state index in [1.54, 1.807) is 6.07 Å². The number of fused-ring (bicyclic) bond motifs is 1. The molecule has 0 bridgehead atoms. The van der Waals surface area contributed by atoms with Crippen LogP contribution in [-0.2, 0) is 0 Å². The zero-order valence-corrected chi connectivity index (χ0v) is 9.16. The van der Waals surface area contributed by atoms with Gasteiger partial charge in [-0.15, -0.1) is 0 Å². The summed E-state index contributed by atoms with van der Waals surface area (Å²) in [6.07, 6.45) is 2.24. The Balaban J connectivity index is 2.56. The molecule has 5 heteroatoms. The molecule has 2 rings (SSSR count). The van der Waals surface area contributed by atoms with Gasteiger partial charge >= 0.3 is 0 Å².